The summed E-state index contributed by atoms with van der Waals surface area (Å²) in [5.41, 5.74) is 8.86. The topological polar surface area (TPSA) is 26.0 Å². The second kappa shape index (κ2) is 4.47. The monoisotopic (exact) mass is 217 g/mol. The molecule has 0 saturated carbocycles. The van der Waals surface area contributed by atoms with Crippen LogP contribution in [-0.2, 0) is 6.54 Å². The molecule has 0 amide bonds. The lowest BCUT2D eigenvalue weighted by molar-refractivity contribution is 1.07. The first-order chi connectivity index (χ1) is 7.31. The van der Waals surface area contributed by atoms with E-state index in [4.69, 9.17) is 17.3 Å². The van der Waals surface area contributed by atoms with Gasteiger partial charge in [-0.05, 0) is 23.3 Å². The molecule has 2 heteroatoms. The maximum Gasteiger partial charge on any atom is 0.0484 e. The van der Waals surface area contributed by atoms with Crippen LogP contribution in [0.5, 0.6) is 0 Å². The van der Waals surface area contributed by atoms with Crippen LogP contribution in [0.4, 0.5) is 0 Å². The molecular formula is C13H12ClN. The highest BCUT2D eigenvalue weighted by Gasteiger charge is 2.03. The fraction of sp³-hybridized carbons (Fsp3) is 0.0769. The summed E-state index contributed by atoms with van der Waals surface area (Å²) in [6.07, 6.45) is 0. The van der Waals surface area contributed by atoms with Crippen LogP contribution >= 0.6 is 11.6 Å². The van der Waals surface area contributed by atoms with E-state index in [-0.39, 0.29) is 0 Å². The van der Waals surface area contributed by atoms with Crippen LogP contribution in [0.15, 0.2) is 48.5 Å². The van der Waals surface area contributed by atoms with E-state index in [1.165, 1.54) is 0 Å². The Bertz CT molecular complexity index is 451. The molecule has 0 saturated heterocycles. The van der Waals surface area contributed by atoms with Crippen LogP contribution < -0.4 is 5.73 Å². The van der Waals surface area contributed by atoms with Crippen molar-refractivity contribution in [2.75, 3.05) is 0 Å². The first-order valence-electron chi connectivity index (χ1n) is 4.85. The Morgan fingerprint density at radius 2 is 1.73 bits per heavy atom. The molecule has 0 heterocycles. The molecule has 0 aliphatic carbocycles. The first kappa shape index (κ1) is 10.2. The average molecular weight is 218 g/mol. The SMILES string of the molecule is NCc1ccc(Cl)c(-c2ccccc2)c1. The molecular weight excluding hydrogens is 206 g/mol. The van der Waals surface area contributed by atoms with Gasteiger partial charge < -0.3 is 5.73 Å². The van der Waals surface area contributed by atoms with Crippen molar-refractivity contribution in [1.82, 2.24) is 0 Å². The van der Waals surface area contributed by atoms with Crippen LogP contribution in [0.3, 0.4) is 0 Å². The van der Waals surface area contributed by atoms with Crippen molar-refractivity contribution in [2.45, 2.75) is 6.54 Å². The highest BCUT2D eigenvalue weighted by molar-refractivity contribution is 6.33. The van der Waals surface area contributed by atoms with E-state index in [1.54, 1.807) is 0 Å². The largest absolute Gasteiger partial charge is 0.326 e. The number of nitrogens with two attached hydrogens (primary N) is 1. The van der Waals surface area contributed by atoms with Crippen molar-refractivity contribution in [3.8, 4) is 11.1 Å². The fourth-order valence-corrected chi connectivity index (χ4v) is 1.76. The van der Waals surface area contributed by atoms with Gasteiger partial charge in [-0.3, -0.25) is 0 Å². The van der Waals surface area contributed by atoms with Gasteiger partial charge in [-0.1, -0.05) is 48.0 Å². The van der Waals surface area contributed by atoms with E-state index >= 15 is 0 Å². The Balaban J connectivity index is 2.52. The Morgan fingerprint density at radius 1 is 1.00 bits per heavy atom. The molecule has 0 aliphatic heterocycles. The molecule has 76 valence electrons. The van der Waals surface area contributed by atoms with E-state index in [0.29, 0.717) is 6.54 Å². The smallest absolute Gasteiger partial charge is 0.0484 e. The Morgan fingerprint density at radius 3 is 2.40 bits per heavy atom. The molecule has 0 fully saturated rings. The number of hydrogen-bond donors (Lipinski definition) is 1. The van der Waals surface area contributed by atoms with E-state index < -0.39 is 0 Å². The van der Waals surface area contributed by atoms with Crippen molar-refractivity contribution in [3.63, 3.8) is 0 Å². The van der Waals surface area contributed by atoms with Gasteiger partial charge >= 0.3 is 0 Å². The van der Waals surface area contributed by atoms with Crippen LogP contribution in [0.2, 0.25) is 5.02 Å². The van der Waals surface area contributed by atoms with Crippen LogP contribution in [0.25, 0.3) is 11.1 Å². The molecule has 0 unspecified atom stereocenters. The predicted octanol–water partition coefficient (Wildman–Crippen LogP) is 3.47. The van der Waals surface area contributed by atoms with E-state index in [0.717, 1.165) is 21.7 Å². The summed E-state index contributed by atoms with van der Waals surface area (Å²) in [7, 11) is 0. The number of benzene rings is 2. The van der Waals surface area contributed by atoms with E-state index in [9.17, 15) is 0 Å². The van der Waals surface area contributed by atoms with Crippen molar-refractivity contribution >= 4 is 11.6 Å². The standard InChI is InChI=1S/C13H12ClN/c14-13-7-6-10(9-15)8-12(13)11-4-2-1-3-5-11/h1-8H,9,15H2. The summed E-state index contributed by atoms with van der Waals surface area (Å²) in [4.78, 5) is 0. The molecule has 0 aromatic heterocycles. The average Bonchev–Trinajstić information content (AvgIpc) is 2.31. The summed E-state index contributed by atoms with van der Waals surface area (Å²) < 4.78 is 0. The van der Waals surface area contributed by atoms with Gasteiger partial charge in [0.1, 0.15) is 0 Å². The molecule has 2 aromatic rings. The molecule has 1 nitrogen and oxygen atoms in total. The highest BCUT2D eigenvalue weighted by atomic mass is 35.5. The van der Waals surface area contributed by atoms with E-state index in [1.807, 2.05) is 48.5 Å². The third-order valence-corrected chi connectivity index (χ3v) is 2.68. The molecule has 2 N–H and O–H groups in total. The summed E-state index contributed by atoms with van der Waals surface area (Å²) in [6.45, 7) is 0.539. The second-order valence-electron chi connectivity index (χ2n) is 3.38. The van der Waals surface area contributed by atoms with E-state index in [2.05, 4.69) is 0 Å². The minimum atomic E-state index is 0.539. The Labute approximate surface area is 94.5 Å². The quantitative estimate of drug-likeness (QED) is 0.819. The maximum absolute atomic E-state index is 6.15. The molecule has 0 atom stereocenters. The summed E-state index contributed by atoms with van der Waals surface area (Å²) in [6, 6.07) is 16.0. The number of rotatable bonds is 2. The molecule has 0 aliphatic rings. The zero-order chi connectivity index (χ0) is 10.7. The van der Waals surface area contributed by atoms with Gasteiger partial charge in [-0.15, -0.1) is 0 Å². The van der Waals surface area contributed by atoms with Crippen molar-refractivity contribution < 1.29 is 0 Å². The third kappa shape index (κ3) is 2.20. The minimum absolute atomic E-state index is 0.539. The molecule has 0 bridgehead atoms. The lowest BCUT2D eigenvalue weighted by Gasteiger charge is -2.06. The van der Waals surface area contributed by atoms with Gasteiger partial charge in [-0.2, -0.15) is 0 Å². The van der Waals surface area contributed by atoms with Gasteiger partial charge in [-0.25, -0.2) is 0 Å². The molecule has 2 aromatic carbocycles. The highest BCUT2D eigenvalue weighted by Crippen LogP contribution is 2.28. The van der Waals surface area contributed by atoms with Crippen LogP contribution in [-0.4, -0.2) is 0 Å². The van der Waals surface area contributed by atoms with Gasteiger partial charge in [0.15, 0.2) is 0 Å². The van der Waals surface area contributed by atoms with Crippen LogP contribution in [0, 0.1) is 0 Å². The van der Waals surface area contributed by atoms with Gasteiger partial charge in [0.2, 0.25) is 0 Å². The van der Waals surface area contributed by atoms with Gasteiger partial charge in [0.05, 0.1) is 0 Å². The normalized spacial score (nSPS) is 10.3. The third-order valence-electron chi connectivity index (χ3n) is 2.35. The lowest BCUT2D eigenvalue weighted by Crippen LogP contribution is -1.96. The summed E-state index contributed by atoms with van der Waals surface area (Å²) in [5.74, 6) is 0. The van der Waals surface area contributed by atoms with Crippen molar-refractivity contribution in [2.24, 2.45) is 5.73 Å². The maximum atomic E-state index is 6.15. The van der Waals surface area contributed by atoms with Gasteiger partial charge in [0.25, 0.3) is 0 Å². The molecule has 0 radical (unpaired) electrons. The molecule has 15 heavy (non-hydrogen) atoms. The zero-order valence-electron chi connectivity index (χ0n) is 8.28. The first-order valence-corrected chi connectivity index (χ1v) is 5.23. The number of hydrogen-bond acceptors (Lipinski definition) is 1. The second-order valence-corrected chi connectivity index (χ2v) is 3.79. The van der Waals surface area contributed by atoms with Crippen molar-refractivity contribution in [1.29, 1.82) is 0 Å². The Kier molecular flexibility index (Phi) is 3.05. The lowest BCUT2D eigenvalue weighted by atomic mass is 10.0. The van der Waals surface area contributed by atoms with Gasteiger partial charge in [0, 0.05) is 17.1 Å². The van der Waals surface area contributed by atoms with Crippen LogP contribution in [0.1, 0.15) is 5.56 Å². The predicted molar refractivity (Wildman–Crippen MR) is 64.8 cm³/mol. The summed E-state index contributed by atoms with van der Waals surface area (Å²) >= 11 is 6.15. The number of halogens is 1. The summed E-state index contributed by atoms with van der Waals surface area (Å²) in [5, 5.41) is 0.762. The minimum Gasteiger partial charge on any atom is -0.326 e. The molecule has 2 rings (SSSR count). The molecule has 0 spiro atoms. The zero-order valence-corrected chi connectivity index (χ0v) is 9.04. The Hall–Kier alpha value is -1.31. The van der Waals surface area contributed by atoms with Crippen molar-refractivity contribution in [3.05, 3.63) is 59.1 Å². The fourth-order valence-electron chi connectivity index (χ4n) is 1.54.